The molecule has 7 heteroatoms. The number of carboxylic acid groups (broad SMARTS) is 1. The Morgan fingerprint density at radius 1 is 1.42 bits per heavy atom. The van der Waals surface area contributed by atoms with Gasteiger partial charge >= 0.3 is 5.97 Å². The number of benzene rings is 1. The van der Waals surface area contributed by atoms with Crippen LogP contribution in [0.4, 0.5) is 0 Å². The van der Waals surface area contributed by atoms with Gasteiger partial charge in [0.25, 0.3) is 5.91 Å². The van der Waals surface area contributed by atoms with Gasteiger partial charge in [-0.15, -0.1) is 0 Å². The van der Waals surface area contributed by atoms with Crippen molar-refractivity contribution in [2.45, 2.75) is 45.1 Å². The van der Waals surface area contributed by atoms with Gasteiger partial charge in [-0.05, 0) is 49.1 Å². The summed E-state index contributed by atoms with van der Waals surface area (Å²) in [7, 11) is 0. The molecule has 2 aliphatic rings. The lowest BCUT2D eigenvalue weighted by atomic mass is 10.1. The third kappa shape index (κ3) is 4.45. The molecule has 138 valence electrons. The number of aliphatic carboxylic acids is 1. The fourth-order valence-electron chi connectivity index (χ4n) is 3.10. The molecule has 1 saturated heterocycles. The van der Waals surface area contributed by atoms with Gasteiger partial charge in [0.1, 0.15) is 16.2 Å². The SMILES string of the molecule is C[C@H]1Cc2cc(/C=C3/SC(=S)N(CCCCCC(=O)O)C3=O)ccc2O1. The Hall–Kier alpha value is -1.86. The average Bonchev–Trinajstić information content (AvgIpc) is 3.07. The molecule has 0 aliphatic carbocycles. The normalized spacial score (nSPS) is 20.6. The van der Waals surface area contributed by atoms with E-state index in [0.717, 1.165) is 30.6 Å². The van der Waals surface area contributed by atoms with Crippen LogP contribution in [-0.2, 0) is 16.0 Å². The van der Waals surface area contributed by atoms with Gasteiger partial charge in [0, 0.05) is 19.4 Å². The van der Waals surface area contributed by atoms with E-state index in [-0.39, 0.29) is 18.4 Å². The number of hydrogen-bond donors (Lipinski definition) is 1. The highest BCUT2D eigenvalue weighted by Gasteiger charge is 2.31. The fourth-order valence-corrected chi connectivity index (χ4v) is 4.41. The van der Waals surface area contributed by atoms with Crippen molar-refractivity contribution in [1.82, 2.24) is 4.90 Å². The van der Waals surface area contributed by atoms with E-state index in [9.17, 15) is 9.59 Å². The maximum Gasteiger partial charge on any atom is 0.303 e. The zero-order valence-corrected chi connectivity index (χ0v) is 16.2. The molecule has 0 radical (unpaired) electrons. The molecule has 0 spiro atoms. The minimum atomic E-state index is -0.785. The maximum atomic E-state index is 12.6. The van der Waals surface area contributed by atoms with Crippen LogP contribution in [0.15, 0.2) is 23.1 Å². The Balaban J connectivity index is 1.60. The standard InChI is InChI=1S/C19H21NO4S2/c1-12-9-14-10-13(6-7-15(14)24-12)11-16-18(23)20(19(25)26-16)8-4-2-3-5-17(21)22/h6-7,10-12H,2-5,8-9H2,1H3,(H,21,22)/b16-11+/t12-/m0/s1. The van der Waals surface area contributed by atoms with Crippen LogP contribution in [0.3, 0.4) is 0 Å². The van der Waals surface area contributed by atoms with E-state index in [1.807, 2.05) is 25.1 Å². The molecular weight excluding hydrogens is 370 g/mol. The Kier molecular flexibility index (Phi) is 5.98. The zero-order chi connectivity index (χ0) is 18.7. The number of ether oxygens (including phenoxy) is 1. The second kappa shape index (κ2) is 8.22. The van der Waals surface area contributed by atoms with Crippen molar-refractivity contribution in [1.29, 1.82) is 0 Å². The van der Waals surface area contributed by atoms with E-state index in [4.69, 9.17) is 22.1 Å². The monoisotopic (exact) mass is 391 g/mol. The summed E-state index contributed by atoms with van der Waals surface area (Å²) in [4.78, 5) is 25.4. The van der Waals surface area contributed by atoms with Gasteiger partial charge in [0.15, 0.2) is 0 Å². The van der Waals surface area contributed by atoms with Crippen LogP contribution in [0.5, 0.6) is 5.75 Å². The molecule has 26 heavy (non-hydrogen) atoms. The molecule has 0 saturated carbocycles. The topological polar surface area (TPSA) is 66.8 Å². The fraction of sp³-hybridized carbons (Fsp3) is 0.421. The molecule has 0 aromatic heterocycles. The number of carbonyl (C=O) groups is 2. The summed E-state index contributed by atoms with van der Waals surface area (Å²) in [5.41, 5.74) is 2.14. The van der Waals surface area contributed by atoms with Crippen molar-refractivity contribution in [3.05, 3.63) is 34.2 Å². The number of carbonyl (C=O) groups excluding carboxylic acids is 1. The number of nitrogens with zero attached hydrogens (tertiary/aromatic N) is 1. The van der Waals surface area contributed by atoms with E-state index in [1.54, 1.807) is 4.90 Å². The second-order valence-electron chi connectivity index (χ2n) is 6.54. The number of thiocarbonyl (C=S) groups is 1. The van der Waals surface area contributed by atoms with Gasteiger partial charge in [-0.2, -0.15) is 0 Å². The second-order valence-corrected chi connectivity index (χ2v) is 8.21. The Labute approximate surface area is 162 Å². The number of carboxylic acids is 1. The van der Waals surface area contributed by atoms with Crippen LogP contribution in [0.1, 0.15) is 43.7 Å². The lowest BCUT2D eigenvalue weighted by Gasteiger charge is -2.13. The van der Waals surface area contributed by atoms with Crippen LogP contribution < -0.4 is 4.74 Å². The minimum absolute atomic E-state index is 0.0663. The highest BCUT2D eigenvalue weighted by atomic mass is 32.2. The first-order chi connectivity index (χ1) is 12.4. The molecule has 5 nitrogen and oxygen atoms in total. The highest BCUT2D eigenvalue weighted by molar-refractivity contribution is 8.26. The first kappa shape index (κ1) is 18.9. The summed E-state index contributed by atoms with van der Waals surface area (Å²) >= 11 is 6.66. The number of thioether (sulfide) groups is 1. The number of rotatable bonds is 7. The highest BCUT2D eigenvalue weighted by Crippen LogP contribution is 2.35. The van der Waals surface area contributed by atoms with Crippen molar-refractivity contribution in [2.24, 2.45) is 0 Å². The molecular formula is C19H21NO4S2. The van der Waals surface area contributed by atoms with Crippen molar-refractivity contribution in [3.63, 3.8) is 0 Å². The lowest BCUT2D eigenvalue weighted by Crippen LogP contribution is -2.29. The van der Waals surface area contributed by atoms with Gasteiger partial charge in [0.05, 0.1) is 4.91 Å². The van der Waals surface area contributed by atoms with E-state index in [1.165, 1.54) is 17.3 Å². The molecule has 1 amide bonds. The Bertz CT molecular complexity index is 775. The molecule has 0 bridgehead atoms. The first-order valence-electron chi connectivity index (χ1n) is 8.71. The summed E-state index contributed by atoms with van der Waals surface area (Å²) in [5, 5.41) is 8.65. The summed E-state index contributed by atoms with van der Waals surface area (Å²) in [6.45, 7) is 2.58. The molecule has 1 aromatic rings. The number of hydrogen-bond acceptors (Lipinski definition) is 5. The number of fused-ring (bicyclic) bond motifs is 1. The molecule has 1 fully saturated rings. The Morgan fingerprint density at radius 3 is 3.00 bits per heavy atom. The number of amides is 1. The smallest absolute Gasteiger partial charge is 0.303 e. The first-order valence-corrected chi connectivity index (χ1v) is 9.93. The van der Waals surface area contributed by atoms with E-state index in [0.29, 0.717) is 22.2 Å². The van der Waals surface area contributed by atoms with Crippen molar-refractivity contribution >= 4 is 46.3 Å². The van der Waals surface area contributed by atoms with Gasteiger partial charge < -0.3 is 9.84 Å². The third-order valence-corrected chi connectivity index (χ3v) is 5.74. The van der Waals surface area contributed by atoms with Crippen molar-refractivity contribution in [2.75, 3.05) is 6.54 Å². The van der Waals surface area contributed by atoms with Crippen LogP contribution in [0.25, 0.3) is 6.08 Å². The van der Waals surface area contributed by atoms with E-state index in [2.05, 4.69) is 6.07 Å². The van der Waals surface area contributed by atoms with Crippen LogP contribution in [0, 0.1) is 0 Å². The van der Waals surface area contributed by atoms with E-state index < -0.39 is 5.97 Å². The molecule has 2 heterocycles. The third-order valence-electron chi connectivity index (χ3n) is 4.36. The predicted molar refractivity (Wildman–Crippen MR) is 106 cm³/mol. The predicted octanol–water partition coefficient (Wildman–Crippen LogP) is 3.86. The summed E-state index contributed by atoms with van der Waals surface area (Å²) in [6.07, 6.45) is 5.27. The quantitative estimate of drug-likeness (QED) is 0.433. The van der Waals surface area contributed by atoms with Gasteiger partial charge in [-0.3, -0.25) is 14.5 Å². The average molecular weight is 392 g/mol. The summed E-state index contributed by atoms with van der Waals surface area (Å²) in [6, 6.07) is 5.97. The van der Waals surface area contributed by atoms with Gasteiger partial charge in [-0.1, -0.05) is 36.5 Å². The van der Waals surface area contributed by atoms with Crippen LogP contribution in [-0.4, -0.2) is 38.9 Å². The lowest BCUT2D eigenvalue weighted by molar-refractivity contribution is -0.137. The summed E-state index contributed by atoms with van der Waals surface area (Å²) < 4.78 is 6.27. The van der Waals surface area contributed by atoms with Crippen molar-refractivity contribution in [3.8, 4) is 5.75 Å². The zero-order valence-electron chi connectivity index (χ0n) is 14.6. The van der Waals surface area contributed by atoms with Crippen molar-refractivity contribution < 1.29 is 19.4 Å². The molecule has 0 unspecified atom stereocenters. The van der Waals surface area contributed by atoms with E-state index >= 15 is 0 Å². The van der Waals surface area contributed by atoms with Gasteiger partial charge in [-0.25, -0.2) is 0 Å². The molecule has 2 aliphatic heterocycles. The minimum Gasteiger partial charge on any atom is -0.490 e. The van der Waals surface area contributed by atoms with Crippen LogP contribution in [0.2, 0.25) is 0 Å². The molecule has 3 rings (SSSR count). The number of unbranched alkanes of at least 4 members (excludes halogenated alkanes) is 2. The largest absolute Gasteiger partial charge is 0.490 e. The Morgan fingerprint density at radius 2 is 2.23 bits per heavy atom. The molecule has 1 aromatic carbocycles. The van der Waals surface area contributed by atoms with Gasteiger partial charge in [0.2, 0.25) is 0 Å². The molecule has 1 N–H and O–H groups in total. The van der Waals surface area contributed by atoms with Crippen LogP contribution >= 0.6 is 24.0 Å². The summed E-state index contributed by atoms with van der Waals surface area (Å²) in [5.74, 6) is 0.0691. The molecule has 1 atom stereocenters. The maximum absolute atomic E-state index is 12.6.